The molecular weight excluding hydrogens is 414 g/mol. The van der Waals surface area contributed by atoms with Crippen LogP contribution in [0.5, 0.6) is 0 Å². The number of fused-ring (bicyclic) bond motifs is 1. The Morgan fingerprint density at radius 1 is 1.27 bits per heavy atom. The highest BCUT2D eigenvalue weighted by molar-refractivity contribution is 6.76. The molecule has 0 saturated heterocycles. The van der Waals surface area contributed by atoms with Crippen molar-refractivity contribution < 1.29 is 4.74 Å². The van der Waals surface area contributed by atoms with E-state index in [1.165, 1.54) is 0 Å². The van der Waals surface area contributed by atoms with Gasteiger partial charge in [0.15, 0.2) is 0 Å². The summed E-state index contributed by atoms with van der Waals surface area (Å²) in [6.07, 6.45) is 3.68. The predicted octanol–water partition coefficient (Wildman–Crippen LogP) is 5.07. The van der Waals surface area contributed by atoms with Crippen LogP contribution in [-0.4, -0.2) is 42.3 Å². The van der Waals surface area contributed by atoms with E-state index in [1.54, 1.807) is 6.33 Å². The molecule has 3 rings (SSSR count). The molecule has 0 radical (unpaired) electrons. The number of aromatic nitrogens is 3. The molecule has 0 fully saturated rings. The summed E-state index contributed by atoms with van der Waals surface area (Å²) in [5.41, 5.74) is 8.69. The van der Waals surface area contributed by atoms with Gasteiger partial charge in [0.2, 0.25) is 0 Å². The van der Waals surface area contributed by atoms with Crippen LogP contribution < -0.4 is 11.1 Å². The fourth-order valence-electron chi connectivity index (χ4n) is 3.13. The first-order valence-electron chi connectivity index (χ1n) is 10.4. The van der Waals surface area contributed by atoms with E-state index in [2.05, 4.69) is 58.7 Å². The summed E-state index contributed by atoms with van der Waals surface area (Å²) in [7, 11) is -1.13. The first-order chi connectivity index (χ1) is 14.3. The van der Waals surface area contributed by atoms with E-state index >= 15 is 0 Å². The molecule has 1 unspecified atom stereocenters. The molecule has 2 aromatic heterocycles. The summed E-state index contributed by atoms with van der Waals surface area (Å²) in [5, 5.41) is 5.12. The molecule has 0 amide bonds. The molecule has 6 nitrogen and oxygen atoms in total. The quantitative estimate of drug-likeness (QED) is 0.336. The van der Waals surface area contributed by atoms with Crippen LogP contribution >= 0.6 is 11.6 Å². The molecule has 0 spiro atoms. The number of nitrogens with one attached hydrogen (secondary N) is 1. The Kier molecular flexibility index (Phi) is 7.52. The van der Waals surface area contributed by atoms with Crippen LogP contribution in [0.25, 0.3) is 22.2 Å². The van der Waals surface area contributed by atoms with Gasteiger partial charge in [-0.3, -0.25) is 0 Å². The molecule has 0 saturated carbocycles. The monoisotopic (exact) mass is 445 g/mol. The van der Waals surface area contributed by atoms with Gasteiger partial charge in [-0.15, -0.1) is 0 Å². The number of ether oxygens (including phenoxy) is 1. The minimum absolute atomic E-state index is 0.344. The van der Waals surface area contributed by atoms with E-state index in [-0.39, 0.29) is 0 Å². The second-order valence-electron chi connectivity index (χ2n) is 9.01. The van der Waals surface area contributed by atoms with Crippen LogP contribution in [0, 0.1) is 5.92 Å². The maximum Gasteiger partial charge on any atom is 0.148 e. The van der Waals surface area contributed by atoms with Gasteiger partial charge in [-0.2, -0.15) is 0 Å². The molecule has 0 aliphatic heterocycles. The number of rotatable bonds is 10. The minimum atomic E-state index is -1.13. The van der Waals surface area contributed by atoms with Crippen molar-refractivity contribution in [3.63, 3.8) is 0 Å². The molecule has 0 bridgehead atoms. The second-order valence-corrected chi connectivity index (χ2v) is 15.1. The molecule has 2 heterocycles. The van der Waals surface area contributed by atoms with E-state index in [9.17, 15) is 0 Å². The minimum Gasteiger partial charge on any atom is -0.369 e. The highest BCUT2D eigenvalue weighted by Gasteiger charge is 2.18. The molecule has 1 atom stereocenters. The lowest BCUT2D eigenvalue weighted by molar-refractivity contribution is 0.0899. The van der Waals surface area contributed by atoms with Gasteiger partial charge in [0.1, 0.15) is 24.5 Å². The molecule has 0 aliphatic rings. The van der Waals surface area contributed by atoms with Crippen LogP contribution in [0.15, 0.2) is 36.8 Å². The van der Waals surface area contributed by atoms with E-state index in [0.717, 1.165) is 47.2 Å². The second kappa shape index (κ2) is 9.92. The SMILES string of the molecule is CC(CN)CNc1ncnc2c1c(-c1cccc(Cl)c1)cn2COCC[Si](C)(C)C. The molecule has 30 heavy (non-hydrogen) atoms. The first-order valence-corrected chi connectivity index (χ1v) is 14.5. The fraction of sp³-hybridized carbons (Fsp3) is 0.455. The number of benzene rings is 1. The van der Waals surface area contributed by atoms with Gasteiger partial charge in [-0.25, -0.2) is 9.97 Å². The Bertz CT molecular complexity index is 985. The van der Waals surface area contributed by atoms with Crippen molar-refractivity contribution in [1.82, 2.24) is 14.5 Å². The van der Waals surface area contributed by atoms with Crippen LogP contribution in [-0.2, 0) is 11.5 Å². The number of anilines is 1. The molecule has 8 heteroatoms. The smallest absolute Gasteiger partial charge is 0.148 e. The maximum atomic E-state index is 6.27. The highest BCUT2D eigenvalue weighted by atomic mass is 35.5. The van der Waals surface area contributed by atoms with Crippen LogP contribution in [0.3, 0.4) is 0 Å². The maximum absolute atomic E-state index is 6.27. The number of hydrogen-bond acceptors (Lipinski definition) is 5. The summed E-state index contributed by atoms with van der Waals surface area (Å²) in [4.78, 5) is 9.09. The first kappa shape index (κ1) is 22.7. The molecule has 162 valence electrons. The van der Waals surface area contributed by atoms with Gasteiger partial charge >= 0.3 is 0 Å². The summed E-state index contributed by atoms with van der Waals surface area (Å²) < 4.78 is 8.06. The number of halogens is 1. The van der Waals surface area contributed by atoms with Crippen LogP contribution in [0.1, 0.15) is 6.92 Å². The molecule has 3 aromatic rings. The van der Waals surface area contributed by atoms with Crippen molar-refractivity contribution in [1.29, 1.82) is 0 Å². The predicted molar refractivity (Wildman–Crippen MR) is 129 cm³/mol. The highest BCUT2D eigenvalue weighted by Crippen LogP contribution is 2.34. The molecule has 1 aromatic carbocycles. The summed E-state index contributed by atoms with van der Waals surface area (Å²) in [6.45, 7) is 11.7. The van der Waals surface area contributed by atoms with Crippen LogP contribution in [0.2, 0.25) is 30.7 Å². The lowest BCUT2D eigenvalue weighted by Gasteiger charge is -2.15. The summed E-state index contributed by atoms with van der Waals surface area (Å²) >= 11 is 6.27. The van der Waals surface area contributed by atoms with Gasteiger partial charge in [0.05, 0.1) is 5.39 Å². The van der Waals surface area contributed by atoms with Crippen molar-refractivity contribution in [3.05, 3.63) is 41.8 Å². The molecular formula is C22H32ClN5OSi. The Balaban J connectivity index is 1.97. The zero-order chi connectivity index (χ0) is 21.7. The van der Waals surface area contributed by atoms with Crippen molar-refractivity contribution in [2.75, 3.05) is 25.0 Å². The molecule has 0 aliphatic carbocycles. The van der Waals surface area contributed by atoms with Crippen molar-refractivity contribution in [3.8, 4) is 11.1 Å². The Morgan fingerprint density at radius 3 is 2.77 bits per heavy atom. The van der Waals surface area contributed by atoms with Crippen molar-refractivity contribution >= 4 is 36.5 Å². The Hall–Kier alpha value is -1.93. The lowest BCUT2D eigenvalue weighted by atomic mass is 10.1. The van der Waals surface area contributed by atoms with Crippen molar-refractivity contribution in [2.24, 2.45) is 11.7 Å². The van der Waals surface area contributed by atoms with Gasteiger partial charge < -0.3 is 20.4 Å². The van der Waals surface area contributed by atoms with E-state index in [0.29, 0.717) is 24.2 Å². The van der Waals surface area contributed by atoms with Gasteiger partial charge in [-0.05, 0) is 36.2 Å². The molecule has 3 N–H and O–H groups in total. The van der Waals surface area contributed by atoms with E-state index < -0.39 is 8.07 Å². The van der Waals surface area contributed by atoms with Crippen molar-refractivity contribution in [2.45, 2.75) is 39.3 Å². The van der Waals surface area contributed by atoms with Crippen LogP contribution in [0.4, 0.5) is 5.82 Å². The zero-order valence-corrected chi connectivity index (χ0v) is 20.0. The average Bonchev–Trinajstić information content (AvgIpc) is 3.08. The standard InChI is InChI=1S/C22H32ClN5OSi/c1-16(11-24)12-25-21-20-19(17-6-5-7-18(23)10-17)13-28(22(20)27-14-26-21)15-29-8-9-30(2,3)4/h5-7,10,13-14,16H,8-9,11-12,15,24H2,1-4H3,(H,25,26,27). The Morgan fingerprint density at radius 2 is 2.07 bits per heavy atom. The number of nitrogens with two attached hydrogens (primary N) is 1. The summed E-state index contributed by atoms with van der Waals surface area (Å²) in [6, 6.07) is 8.98. The largest absolute Gasteiger partial charge is 0.369 e. The fourth-order valence-corrected chi connectivity index (χ4v) is 4.07. The zero-order valence-electron chi connectivity index (χ0n) is 18.3. The average molecular weight is 446 g/mol. The third-order valence-electron chi connectivity index (χ3n) is 5.04. The number of nitrogens with zero attached hydrogens (tertiary/aromatic N) is 3. The van der Waals surface area contributed by atoms with E-state index in [1.807, 2.05) is 18.2 Å². The topological polar surface area (TPSA) is 78.0 Å². The van der Waals surface area contributed by atoms with Gasteiger partial charge in [-0.1, -0.05) is 50.3 Å². The third-order valence-corrected chi connectivity index (χ3v) is 6.98. The number of hydrogen-bond donors (Lipinski definition) is 2. The normalized spacial score (nSPS) is 13.0. The summed E-state index contributed by atoms with van der Waals surface area (Å²) in [5.74, 6) is 1.15. The van der Waals surface area contributed by atoms with Gasteiger partial charge in [0.25, 0.3) is 0 Å². The third kappa shape index (κ3) is 5.82. The lowest BCUT2D eigenvalue weighted by Crippen LogP contribution is -2.22. The Labute approximate surface area is 184 Å². The van der Waals surface area contributed by atoms with Gasteiger partial charge in [0, 0.05) is 38.0 Å². The van der Waals surface area contributed by atoms with E-state index in [4.69, 9.17) is 22.1 Å².